The van der Waals surface area contributed by atoms with Crippen LogP contribution in [0.4, 0.5) is 0 Å². The third kappa shape index (κ3) is 4.08. The fraction of sp³-hybridized carbons (Fsp3) is 0.500. The number of carboxylic acids is 1. The zero-order valence-corrected chi connectivity index (χ0v) is 12.7. The molecule has 0 heterocycles. The number of nitrogens with one attached hydrogen (secondary N) is 1. The van der Waals surface area contributed by atoms with Gasteiger partial charge in [-0.05, 0) is 29.0 Å². The van der Waals surface area contributed by atoms with E-state index in [0.29, 0.717) is 11.5 Å². The number of carbonyl (C=O) groups is 2. The van der Waals surface area contributed by atoms with Gasteiger partial charge in [-0.1, -0.05) is 46.8 Å². The maximum absolute atomic E-state index is 12.1. The summed E-state index contributed by atoms with van der Waals surface area (Å²) in [5.41, 5.74) is 1.08. The normalized spacial score (nSPS) is 13.1. The largest absolute Gasteiger partial charge is 0.480 e. The average Bonchev–Trinajstić information content (AvgIpc) is 2.33. The van der Waals surface area contributed by atoms with Gasteiger partial charge in [-0.25, -0.2) is 4.79 Å². The molecule has 0 bridgehead atoms. The molecular formula is C16H23NO3. The molecule has 0 saturated carbocycles. The zero-order chi connectivity index (χ0) is 15.5. The Morgan fingerprint density at radius 3 is 1.95 bits per heavy atom. The van der Waals surface area contributed by atoms with Crippen molar-refractivity contribution >= 4 is 11.9 Å². The number of aliphatic carboxylic acids is 1. The molecule has 1 aromatic rings. The van der Waals surface area contributed by atoms with Gasteiger partial charge in [0, 0.05) is 5.56 Å². The molecule has 1 rings (SSSR count). The Kier molecular flexibility index (Phi) is 4.93. The molecule has 1 amide bonds. The molecule has 20 heavy (non-hydrogen) atoms. The molecule has 0 aliphatic heterocycles. The minimum absolute atomic E-state index is 0.359. The number of hydrogen-bond acceptors (Lipinski definition) is 2. The Hall–Kier alpha value is -1.84. The standard InChI is InChI=1S/C16H23NO3/c1-10(2)11-6-8-12(9-7-11)14(18)17-13(15(19)20)16(3,4)5/h6-10,13H,1-5H3,(H,17,18)(H,19,20)/t13-/m0/s1. The molecule has 0 aliphatic rings. The number of rotatable bonds is 4. The number of benzene rings is 1. The van der Waals surface area contributed by atoms with E-state index in [4.69, 9.17) is 0 Å². The molecular weight excluding hydrogens is 254 g/mol. The van der Waals surface area contributed by atoms with Crippen LogP contribution in [-0.2, 0) is 4.79 Å². The molecule has 0 aliphatic carbocycles. The quantitative estimate of drug-likeness (QED) is 0.889. The van der Waals surface area contributed by atoms with E-state index in [1.165, 1.54) is 0 Å². The van der Waals surface area contributed by atoms with Gasteiger partial charge in [-0.3, -0.25) is 4.79 Å². The van der Waals surface area contributed by atoms with E-state index < -0.39 is 17.4 Å². The number of carbonyl (C=O) groups excluding carboxylic acids is 1. The van der Waals surface area contributed by atoms with E-state index in [9.17, 15) is 14.7 Å². The molecule has 1 atom stereocenters. The second-order valence-electron chi connectivity index (χ2n) is 6.39. The van der Waals surface area contributed by atoms with Gasteiger partial charge < -0.3 is 10.4 Å². The molecule has 1 aromatic carbocycles. The van der Waals surface area contributed by atoms with Crippen molar-refractivity contribution in [2.24, 2.45) is 5.41 Å². The fourth-order valence-electron chi connectivity index (χ4n) is 1.88. The first-order valence-electron chi connectivity index (χ1n) is 6.76. The third-order valence-corrected chi connectivity index (χ3v) is 3.23. The van der Waals surface area contributed by atoms with Crippen LogP contribution in [0.25, 0.3) is 0 Å². The molecule has 110 valence electrons. The van der Waals surface area contributed by atoms with Crippen LogP contribution in [0.5, 0.6) is 0 Å². The lowest BCUT2D eigenvalue weighted by atomic mass is 9.86. The number of hydrogen-bond donors (Lipinski definition) is 2. The van der Waals surface area contributed by atoms with Gasteiger partial charge in [0.15, 0.2) is 0 Å². The van der Waals surface area contributed by atoms with Crippen molar-refractivity contribution in [3.63, 3.8) is 0 Å². The summed E-state index contributed by atoms with van der Waals surface area (Å²) in [5.74, 6) is -0.985. The lowest BCUT2D eigenvalue weighted by Crippen LogP contribution is -2.49. The maximum Gasteiger partial charge on any atom is 0.326 e. The lowest BCUT2D eigenvalue weighted by Gasteiger charge is -2.27. The Labute approximate surface area is 120 Å². The first kappa shape index (κ1) is 16.2. The minimum Gasteiger partial charge on any atom is -0.480 e. The number of carboxylic acid groups (broad SMARTS) is 1. The van der Waals surface area contributed by atoms with E-state index in [1.54, 1.807) is 32.9 Å². The molecule has 0 saturated heterocycles. The van der Waals surface area contributed by atoms with Gasteiger partial charge in [0.05, 0.1) is 0 Å². The maximum atomic E-state index is 12.1. The predicted molar refractivity (Wildman–Crippen MR) is 78.9 cm³/mol. The second-order valence-corrected chi connectivity index (χ2v) is 6.39. The predicted octanol–water partition coefficient (Wildman–Crippen LogP) is 3.04. The van der Waals surface area contributed by atoms with Crippen LogP contribution in [0.15, 0.2) is 24.3 Å². The topological polar surface area (TPSA) is 66.4 Å². The molecule has 0 fully saturated rings. The van der Waals surface area contributed by atoms with Gasteiger partial charge in [0.2, 0.25) is 0 Å². The van der Waals surface area contributed by atoms with Crippen LogP contribution >= 0.6 is 0 Å². The van der Waals surface area contributed by atoms with Crippen LogP contribution in [0, 0.1) is 5.41 Å². The molecule has 0 radical (unpaired) electrons. The third-order valence-electron chi connectivity index (χ3n) is 3.23. The van der Waals surface area contributed by atoms with E-state index in [2.05, 4.69) is 19.2 Å². The van der Waals surface area contributed by atoms with Crippen molar-refractivity contribution in [2.45, 2.75) is 46.6 Å². The summed E-state index contributed by atoms with van der Waals surface area (Å²) in [4.78, 5) is 23.4. The molecule has 0 unspecified atom stereocenters. The van der Waals surface area contributed by atoms with E-state index in [0.717, 1.165) is 5.56 Å². The molecule has 4 heteroatoms. The van der Waals surface area contributed by atoms with Crippen molar-refractivity contribution in [2.75, 3.05) is 0 Å². The van der Waals surface area contributed by atoms with E-state index >= 15 is 0 Å². The highest BCUT2D eigenvalue weighted by atomic mass is 16.4. The summed E-state index contributed by atoms with van der Waals surface area (Å²) in [6.45, 7) is 9.51. The first-order valence-corrected chi connectivity index (χ1v) is 6.76. The van der Waals surface area contributed by atoms with Crippen molar-refractivity contribution in [3.05, 3.63) is 35.4 Å². The van der Waals surface area contributed by atoms with Gasteiger partial charge in [0.25, 0.3) is 5.91 Å². The Morgan fingerprint density at radius 1 is 1.10 bits per heavy atom. The van der Waals surface area contributed by atoms with Gasteiger partial charge in [0.1, 0.15) is 6.04 Å². The van der Waals surface area contributed by atoms with Gasteiger partial charge in [-0.2, -0.15) is 0 Å². The van der Waals surface area contributed by atoms with Crippen molar-refractivity contribution in [1.82, 2.24) is 5.32 Å². The molecule has 0 spiro atoms. The average molecular weight is 277 g/mol. The fourth-order valence-corrected chi connectivity index (χ4v) is 1.88. The van der Waals surface area contributed by atoms with E-state index in [-0.39, 0.29) is 5.91 Å². The van der Waals surface area contributed by atoms with Crippen LogP contribution in [0.2, 0.25) is 0 Å². The van der Waals surface area contributed by atoms with Crippen molar-refractivity contribution in [3.8, 4) is 0 Å². The summed E-state index contributed by atoms with van der Waals surface area (Å²) in [6, 6.07) is 6.33. The summed E-state index contributed by atoms with van der Waals surface area (Å²) >= 11 is 0. The van der Waals surface area contributed by atoms with Crippen LogP contribution in [0.1, 0.15) is 56.5 Å². The van der Waals surface area contributed by atoms with Crippen LogP contribution in [-0.4, -0.2) is 23.0 Å². The van der Waals surface area contributed by atoms with Crippen molar-refractivity contribution < 1.29 is 14.7 Å². The highest BCUT2D eigenvalue weighted by molar-refractivity contribution is 5.96. The first-order chi connectivity index (χ1) is 9.12. The Bertz CT molecular complexity index is 483. The summed E-state index contributed by atoms with van der Waals surface area (Å²) in [6.07, 6.45) is 0. The second kappa shape index (κ2) is 6.07. The highest BCUT2D eigenvalue weighted by Crippen LogP contribution is 2.20. The van der Waals surface area contributed by atoms with Gasteiger partial charge in [-0.15, -0.1) is 0 Å². The monoisotopic (exact) mass is 277 g/mol. The highest BCUT2D eigenvalue weighted by Gasteiger charge is 2.32. The SMILES string of the molecule is CC(C)c1ccc(C(=O)N[C@@H](C(=O)O)C(C)(C)C)cc1. The van der Waals surface area contributed by atoms with Gasteiger partial charge >= 0.3 is 5.97 Å². The Morgan fingerprint density at radius 2 is 1.60 bits per heavy atom. The number of amides is 1. The smallest absolute Gasteiger partial charge is 0.326 e. The lowest BCUT2D eigenvalue weighted by molar-refractivity contribution is -0.142. The zero-order valence-electron chi connectivity index (χ0n) is 12.7. The van der Waals surface area contributed by atoms with E-state index in [1.807, 2.05) is 12.1 Å². The minimum atomic E-state index is -1.02. The molecule has 2 N–H and O–H groups in total. The Balaban J connectivity index is 2.87. The van der Waals surface area contributed by atoms with Crippen molar-refractivity contribution in [1.29, 1.82) is 0 Å². The molecule has 4 nitrogen and oxygen atoms in total. The summed E-state index contributed by atoms with van der Waals surface area (Å²) < 4.78 is 0. The van der Waals surface area contributed by atoms with Crippen LogP contribution < -0.4 is 5.32 Å². The summed E-state index contributed by atoms with van der Waals surface area (Å²) in [5, 5.41) is 11.8. The molecule has 0 aromatic heterocycles. The van der Waals surface area contributed by atoms with Crippen LogP contribution in [0.3, 0.4) is 0 Å². The summed E-state index contributed by atoms with van der Waals surface area (Å²) in [7, 11) is 0.